The summed E-state index contributed by atoms with van der Waals surface area (Å²) >= 11 is 0. The minimum Gasteiger partial charge on any atom is -0.493 e. The Balaban J connectivity index is 1.79. The highest BCUT2D eigenvalue weighted by molar-refractivity contribution is 6.24. The third kappa shape index (κ3) is 2.75. The van der Waals surface area contributed by atoms with Crippen LogP contribution in [0.5, 0.6) is 11.5 Å². The number of allylic oxidation sites excluding steroid dienone is 4. The van der Waals surface area contributed by atoms with Crippen LogP contribution in [-0.4, -0.2) is 35.0 Å². The molecule has 2 aromatic heterocycles. The van der Waals surface area contributed by atoms with Crippen molar-refractivity contribution in [1.29, 1.82) is 0 Å². The lowest BCUT2D eigenvalue weighted by atomic mass is 9.94. The molecule has 1 aliphatic carbocycles. The summed E-state index contributed by atoms with van der Waals surface area (Å²) in [6.07, 6.45) is 7.61. The number of aromatic amines is 1. The van der Waals surface area contributed by atoms with Crippen LogP contribution in [0.3, 0.4) is 0 Å². The number of benzene rings is 1. The maximum atomic E-state index is 12.5. The third-order valence-corrected chi connectivity index (χ3v) is 4.36. The number of aromatic nitrogens is 3. The van der Waals surface area contributed by atoms with E-state index in [0.717, 1.165) is 16.7 Å². The van der Waals surface area contributed by atoms with Crippen molar-refractivity contribution in [3.8, 4) is 11.5 Å². The smallest absolute Gasteiger partial charge is 0.170 e. The number of rotatable bonds is 4. The summed E-state index contributed by atoms with van der Waals surface area (Å²) in [7, 11) is 3.16. The van der Waals surface area contributed by atoms with Crippen molar-refractivity contribution < 1.29 is 14.3 Å². The molecule has 1 aliphatic rings. The maximum absolute atomic E-state index is 12.5. The summed E-state index contributed by atoms with van der Waals surface area (Å²) < 4.78 is 10.6. The zero-order chi connectivity index (χ0) is 18.1. The number of pyridine rings is 1. The zero-order valence-electron chi connectivity index (χ0n) is 14.4. The largest absolute Gasteiger partial charge is 0.493 e. The molecule has 0 fully saturated rings. The number of methoxy groups -OCH3 is 2. The zero-order valence-corrected chi connectivity index (χ0v) is 14.4. The summed E-state index contributed by atoms with van der Waals surface area (Å²) in [5.74, 6) is 1.77. The quantitative estimate of drug-likeness (QED) is 0.782. The second kappa shape index (κ2) is 6.48. The van der Waals surface area contributed by atoms with Gasteiger partial charge in [0.1, 0.15) is 5.82 Å². The number of H-pyrrole nitrogens is 1. The first-order valence-corrected chi connectivity index (χ1v) is 8.17. The molecule has 0 spiro atoms. The Labute approximate surface area is 150 Å². The molecule has 0 radical (unpaired) electrons. The molecular weight excluding hydrogens is 330 g/mol. The molecule has 0 saturated carbocycles. The van der Waals surface area contributed by atoms with Gasteiger partial charge in [-0.25, -0.2) is 4.98 Å². The van der Waals surface area contributed by atoms with Crippen molar-refractivity contribution in [2.45, 2.75) is 6.42 Å². The average Bonchev–Trinajstić information content (AvgIpc) is 3.10. The molecule has 4 rings (SSSR count). The van der Waals surface area contributed by atoms with E-state index in [1.54, 1.807) is 32.7 Å². The van der Waals surface area contributed by atoms with Crippen LogP contribution < -0.4 is 9.47 Å². The minimum atomic E-state index is 0.0285. The molecule has 6 nitrogen and oxygen atoms in total. The van der Waals surface area contributed by atoms with Crippen molar-refractivity contribution in [3.63, 3.8) is 0 Å². The van der Waals surface area contributed by atoms with E-state index in [2.05, 4.69) is 15.0 Å². The van der Waals surface area contributed by atoms with E-state index < -0.39 is 0 Å². The van der Waals surface area contributed by atoms with Gasteiger partial charge in [0.25, 0.3) is 0 Å². The predicted octanol–water partition coefficient (Wildman–Crippen LogP) is 3.41. The molecule has 3 aromatic rings. The van der Waals surface area contributed by atoms with Gasteiger partial charge in [0.2, 0.25) is 0 Å². The molecule has 0 saturated heterocycles. The lowest BCUT2D eigenvalue weighted by Gasteiger charge is -2.11. The molecule has 1 N–H and O–H groups in total. The lowest BCUT2D eigenvalue weighted by Crippen LogP contribution is -2.06. The van der Waals surface area contributed by atoms with Crippen LogP contribution in [0.25, 0.3) is 22.2 Å². The van der Waals surface area contributed by atoms with Crippen LogP contribution in [0, 0.1) is 0 Å². The van der Waals surface area contributed by atoms with Gasteiger partial charge >= 0.3 is 0 Å². The van der Waals surface area contributed by atoms with Gasteiger partial charge < -0.3 is 14.5 Å². The van der Waals surface area contributed by atoms with Gasteiger partial charge in [0, 0.05) is 30.9 Å². The predicted molar refractivity (Wildman–Crippen MR) is 99.0 cm³/mol. The molecule has 0 unspecified atom stereocenters. The first-order chi connectivity index (χ1) is 12.7. The SMILES string of the molecule is COc1cc2nc(C3=CC(c4ccncc4)=CCC3=O)[nH]c2cc1OC. The van der Waals surface area contributed by atoms with E-state index >= 15 is 0 Å². The maximum Gasteiger partial charge on any atom is 0.170 e. The monoisotopic (exact) mass is 347 g/mol. The fourth-order valence-corrected chi connectivity index (χ4v) is 3.02. The second-order valence-corrected chi connectivity index (χ2v) is 5.89. The number of carbonyl (C=O) groups excluding carboxylic acids is 1. The van der Waals surface area contributed by atoms with Gasteiger partial charge in [-0.2, -0.15) is 0 Å². The van der Waals surface area contributed by atoms with Gasteiger partial charge in [-0.15, -0.1) is 0 Å². The Kier molecular flexibility index (Phi) is 4.01. The number of Topliss-reactive ketones (excluding diaryl/α,β-unsaturated/α-hetero) is 1. The van der Waals surface area contributed by atoms with Crippen LogP contribution in [0.2, 0.25) is 0 Å². The van der Waals surface area contributed by atoms with E-state index in [4.69, 9.17) is 9.47 Å². The average molecular weight is 347 g/mol. The highest BCUT2D eigenvalue weighted by atomic mass is 16.5. The Morgan fingerprint density at radius 3 is 2.54 bits per heavy atom. The van der Waals surface area contributed by atoms with Crippen LogP contribution in [-0.2, 0) is 4.79 Å². The lowest BCUT2D eigenvalue weighted by molar-refractivity contribution is -0.113. The van der Waals surface area contributed by atoms with Crippen molar-refractivity contribution in [1.82, 2.24) is 15.0 Å². The van der Waals surface area contributed by atoms with E-state index in [9.17, 15) is 4.79 Å². The number of hydrogen-bond donors (Lipinski definition) is 1. The number of ketones is 1. The van der Waals surface area contributed by atoms with E-state index in [-0.39, 0.29) is 5.78 Å². The van der Waals surface area contributed by atoms with Crippen molar-refractivity contribution >= 4 is 28.0 Å². The van der Waals surface area contributed by atoms with Crippen molar-refractivity contribution in [2.75, 3.05) is 14.2 Å². The number of nitrogens with zero attached hydrogens (tertiary/aromatic N) is 2. The van der Waals surface area contributed by atoms with Gasteiger partial charge in [0.05, 0.1) is 30.8 Å². The summed E-state index contributed by atoms with van der Waals surface area (Å²) in [5.41, 5.74) is 4.06. The summed E-state index contributed by atoms with van der Waals surface area (Å²) in [6, 6.07) is 7.45. The molecule has 1 aromatic carbocycles. The van der Waals surface area contributed by atoms with Gasteiger partial charge in [-0.3, -0.25) is 9.78 Å². The first-order valence-electron chi connectivity index (χ1n) is 8.17. The van der Waals surface area contributed by atoms with Crippen LogP contribution in [0.4, 0.5) is 0 Å². The van der Waals surface area contributed by atoms with Crippen LogP contribution in [0.1, 0.15) is 17.8 Å². The molecule has 0 bridgehead atoms. The first kappa shape index (κ1) is 16.1. The Hall–Kier alpha value is -3.41. The number of hydrogen-bond acceptors (Lipinski definition) is 5. The molecule has 130 valence electrons. The fraction of sp³-hybridized carbons (Fsp3) is 0.150. The Morgan fingerprint density at radius 2 is 1.81 bits per heavy atom. The third-order valence-electron chi connectivity index (χ3n) is 4.36. The molecule has 2 heterocycles. The topological polar surface area (TPSA) is 77.1 Å². The molecule has 6 heteroatoms. The van der Waals surface area contributed by atoms with E-state index in [0.29, 0.717) is 34.8 Å². The molecule has 0 amide bonds. The standard InChI is InChI=1S/C20H17N3O3/c1-25-18-10-15-16(11-19(18)26-2)23-20(22-15)14-9-13(3-4-17(14)24)12-5-7-21-8-6-12/h3,5-11H,4H2,1-2H3,(H,22,23). The van der Waals surface area contributed by atoms with Crippen molar-refractivity contribution in [2.24, 2.45) is 0 Å². The van der Waals surface area contributed by atoms with Gasteiger partial charge in [0.15, 0.2) is 17.3 Å². The van der Waals surface area contributed by atoms with E-state index in [1.807, 2.05) is 30.4 Å². The fourth-order valence-electron chi connectivity index (χ4n) is 3.02. The van der Waals surface area contributed by atoms with Gasteiger partial charge in [-0.05, 0) is 29.3 Å². The normalized spacial score (nSPS) is 14.2. The summed E-state index contributed by atoms with van der Waals surface area (Å²) in [4.78, 5) is 24.3. The van der Waals surface area contributed by atoms with Gasteiger partial charge in [-0.1, -0.05) is 6.08 Å². The summed E-state index contributed by atoms with van der Waals surface area (Å²) in [6.45, 7) is 0. The molecule has 0 atom stereocenters. The number of carbonyl (C=O) groups is 1. The Bertz CT molecular complexity index is 1010. The molecule has 26 heavy (non-hydrogen) atoms. The number of nitrogens with one attached hydrogen (secondary N) is 1. The van der Waals surface area contributed by atoms with Crippen molar-refractivity contribution in [3.05, 3.63) is 60.2 Å². The Morgan fingerprint density at radius 1 is 1.08 bits per heavy atom. The molecular formula is C20H17N3O3. The minimum absolute atomic E-state index is 0.0285. The number of imidazole rings is 1. The van der Waals surface area contributed by atoms with Crippen LogP contribution >= 0.6 is 0 Å². The number of fused-ring (bicyclic) bond motifs is 1. The van der Waals surface area contributed by atoms with E-state index in [1.165, 1.54) is 0 Å². The highest BCUT2D eigenvalue weighted by Gasteiger charge is 2.20. The van der Waals surface area contributed by atoms with Crippen LogP contribution in [0.15, 0.2) is 48.8 Å². The highest BCUT2D eigenvalue weighted by Crippen LogP contribution is 2.33. The second-order valence-electron chi connectivity index (χ2n) is 5.89. The number of ether oxygens (including phenoxy) is 2. The summed E-state index contributed by atoms with van der Waals surface area (Å²) in [5, 5.41) is 0. The molecule has 0 aliphatic heterocycles.